The molecule has 0 saturated heterocycles. The van der Waals surface area contributed by atoms with Gasteiger partial charge in [0, 0.05) is 30.1 Å². The number of halogens is 1. The molecule has 0 unspecified atom stereocenters. The number of hydrogen-bond donors (Lipinski definition) is 1. The van der Waals surface area contributed by atoms with E-state index in [0.29, 0.717) is 17.4 Å². The van der Waals surface area contributed by atoms with E-state index in [1.165, 1.54) is 25.0 Å². The van der Waals surface area contributed by atoms with Crippen LogP contribution in [0, 0.1) is 12.7 Å². The number of nitrogens with zero attached hydrogens (tertiary/aromatic N) is 3. The largest absolute Gasteiger partial charge is 0.487 e. The Labute approximate surface area is 178 Å². The molecule has 3 aromatic heterocycles. The fourth-order valence-electron chi connectivity index (χ4n) is 3.61. The molecular formula is C24H21FN4O2. The van der Waals surface area contributed by atoms with E-state index in [1.807, 2.05) is 41.8 Å². The molecule has 156 valence electrons. The van der Waals surface area contributed by atoms with Crippen molar-refractivity contribution >= 4 is 17.2 Å². The predicted molar refractivity (Wildman–Crippen MR) is 115 cm³/mol. The van der Waals surface area contributed by atoms with Gasteiger partial charge in [-0.1, -0.05) is 6.07 Å². The summed E-state index contributed by atoms with van der Waals surface area (Å²) in [5.41, 5.74) is 4.31. The lowest BCUT2D eigenvalue weighted by Crippen LogP contribution is -2.14. The monoisotopic (exact) mass is 416 g/mol. The van der Waals surface area contributed by atoms with E-state index in [1.54, 1.807) is 18.3 Å². The van der Waals surface area contributed by atoms with Gasteiger partial charge in [-0.05, 0) is 56.2 Å². The molecule has 5 rings (SSSR count). The third-order valence-corrected chi connectivity index (χ3v) is 5.41. The van der Waals surface area contributed by atoms with Crippen LogP contribution in [0.5, 0.6) is 5.75 Å². The number of rotatable bonds is 6. The molecule has 0 spiro atoms. The highest BCUT2D eigenvalue weighted by Gasteiger charge is 2.28. The van der Waals surface area contributed by atoms with Crippen molar-refractivity contribution in [3.8, 4) is 5.75 Å². The molecule has 1 fully saturated rings. The Balaban J connectivity index is 1.30. The quantitative estimate of drug-likeness (QED) is 0.486. The van der Waals surface area contributed by atoms with Crippen LogP contribution in [0.2, 0.25) is 0 Å². The van der Waals surface area contributed by atoms with Crippen molar-refractivity contribution in [3.63, 3.8) is 0 Å². The van der Waals surface area contributed by atoms with E-state index in [4.69, 9.17) is 4.74 Å². The molecule has 0 radical (unpaired) electrons. The van der Waals surface area contributed by atoms with Crippen LogP contribution in [0.15, 0.2) is 60.9 Å². The molecule has 0 aliphatic heterocycles. The average Bonchev–Trinajstić information content (AvgIpc) is 3.57. The summed E-state index contributed by atoms with van der Waals surface area (Å²) in [6.45, 7) is 2.25. The first kappa shape index (κ1) is 19.2. The fourth-order valence-corrected chi connectivity index (χ4v) is 3.61. The molecule has 3 heterocycles. The topological polar surface area (TPSA) is 68.5 Å². The number of imidazole rings is 1. The van der Waals surface area contributed by atoms with Crippen LogP contribution in [0.4, 0.5) is 10.1 Å². The minimum atomic E-state index is -0.646. The van der Waals surface area contributed by atoms with Gasteiger partial charge >= 0.3 is 0 Å². The number of amides is 1. The number of anilines is 1. The van der Waals surface area contributed by atoms with E-state index < -0.39 is 11.7 Å². The van der Waals surface area contributed by atoms with E-state index in [0.717, 1.165) is 22.7 Å². The summed E-state index contributed by atoms with van der Waals surface area (Å²) in [5, 5.41) is 2.77. The van der Waals surface area contributed by atoms with Gasteiger partial charge in [0.2, 0.25) is 0 Å². The van der Waals surface area contributed by atoms with Crippen molar-refractivity contribution in [3.05, 3.63) is 89.4 Å². The van der Waals surface area contributed by atoms with Gasteiger partial charge in [0.05, 0.1) is 22.6 Å². The number of aromatic nitrogens is 3. The predicted octanol–water partition coefficient (Wildman–Crippen LogP) is 4.89. The maximum Gasteiger partial charge on any atom is 0.258 e. The van der Waals surface area contributed by atoms with Crippen LogP contribution in [0.25, 0.3) is 5.65 Å². The van der Waals surface area contributed by atoms with Crippen molar-refractivity contribution in [2.75, 3.05) is 5.32 Å². The number of fused-ring (bicyclic) bond motifs is 1. The molecule has 1 aliphatic rings. The summed E-state index contributed by atoms with van der Waals surface area (Å²) < 4.78 is 22.1. The Hall–Kier alpha value is -3.74. The molecule has 1 amide bonds. The molecule has 0 bridgehead atoms. The minimum absolute atomic E-state index is 0.0497. The van der Waals surface area contributed by atoms with E-state index in [-0.39, 0.29) is 12.2 Å². The lowest BCUT2D eigenvalue weighted by atomic mass is 10.2. The number of aryl methyl sites for hydroxylation is 1. The lowest BCUT2D eigenvalue weighted by Gasteiger charge is -2.10. The maximum absolute atomic E-state index is 14.6. The lowest BCUT2D eigenvalue weighted by molar-refractivity contribution is 0.102. The van der Waals surface area contributed by atoms with Gasteiger partial charge < -0.3 is 14.5 Å². The molecule has 1 N–H and O–H groups in total. The zero-order valence-electron chi connectivity index (χ0n) is 17.0. The zero-order chi connectivity index (χ0) is 21.4. The number of ether oxygens (including phenoxy) is 1. The molecule has 7 heteroatoms. The third-order valence-electron chi connectivity index (χ3n) is 5.41. The maximum atomic E-state index is 14.6. The molecule has 0 atom stereocenters. The fraction of sp³-hybridized carbons (Fsp3) is 0.208. The van der Waals surface area contributed by atoms with Crippen LogP contribution < -0.4 is 10.1 Å². The van der Waals surface area contributed by atoms with Crippen LogP contribution in [0.1, 0.15) is 46.2 Å². The molecule has 6 nitrogen and oxygen atoms in total. The molecule has 1 aromatic carbocycles. The van der Waals surface area contributed by atoms with Crippen LogP contribution in [-0.4, -0.2) is 20.3 Å². The normalized spacial score (nSPS) is 13.4. The van der Waals surface area contributed by atoms with Gasteiger partial charge in [-0.25, -0.2) is 9.37 Å². The number of hydrogen-bond acceptors (Lipinski definition) is 4. The van der Waals surface area contributed by atoms with Crippen molar-refractivity contribution in [1.82, 2.24) is 14.4 Å². The smallest absolute Gasteiger partial charge is 0.258 e. The number of benzene rings is 1. The second-order valence-corrected chi connectivity index (χ2v) is 7.71. The third kappa shape index (κ3) is 3.99. The molecule has 31 heavy (non-hydrogen) atoms. The molecule has 4 aromatic rings. The van der Waals surface area contributed by atoms with Crippen molar-refractivity contribution in [2.24, 2.45) is 0 Å². The van der Waals surface area contributed by atoms with E-state index in [9.17, 15) is 9.18 Å². The van der Waals surface area contributed by atoms with Crippen molar-refractivity contribution < 1.29 is 13.9 Å². The van der Waals surface area contributed by atoms with Gasteiger partial charge in [-0.15, -0.1) is 0 Å². The highest BCUT2D eigenvalue weighted by molar-refractivity contribution is 6.04. The Bertz CT molecular complexity index is 1270. The first-order valence-corrected chi connectivity index (χ1v) is 10.2. The van der Waals surface area contributed by atoms with E-state index >= 15 is 0 Å². The second-order valence-electron chi connectivity index (χ2n) is 7.71. The molecule has 1 aliphatic carbocycles. The van der Waals surface area contributed by atoms with Crippen LogP contribution in [0.3, 0.4) is 0 Å². The highest BCUT2D eigenvalue weighted by Crippen LogP contribution is 2.41. The standard InChI is InChI=1S/C24H21FN4O2/c1-15-23(16-5-6-16)28-22-10-7-17(13-29(15)22)27-24(30)20-9-8-19(12-21(20)25)31-14-18-4-2-3-11-26-18/h2-4,7-13,16H,5-6,14H2,1H3,(H,27,30). The Kier molecular flexibility index (Phi) is 4.86. The van der Waals surface area contributed by atoms with Gasteiger partial charge in [0.25, 0.3) is 5.91 Å². The second kappa shape index (κ2) is 7.83. The molecule has 1 saturated carbocycles. The molecular weight excluding hydrogens is 395 g/mol. The number of carbonyl (C=O) groups is 1. The highest BCUT2D eigenvalue weighted by atomic mass is 19.1. The minimum Gasteiger partial charge on any atom is -0.487 e. The summed E-state index contributed by atoms with van der Waals surface area (Å²) in [4.78, 5) is 21.5. The first-order chi connectivity index (χ1) is 15.1. The average molecular weight is 416 g/mol. The summed E-state index contributed by atoms with van der Waals surface area (Å²) in [6.07, 6.45) is 5.84. The SMILES string of the molecule is Cc1c(C2CC2)nc2ccc(NC(=O)c3ccc(OCc4ccccn4)cc3F)cn12. The summed E-state index contributed by atoms with van der Waals surface area (Å²) in [6, 6.07) is 13.3. The Morgan fingerprint density at radius 3 is 2.84 bits per heavy atom. The number of nitrogens with one attached hydrogen (secondary N) is 1. The van der Waals surface area contributed by atoms with Gasteiger partial charge in [-0.2, -0.15) is 0 Å². The summed E-state index contributed by atoms with van der Waals surface area (Å²) in [7, 11) is 0. The van der Waals surface area contributed by atoms with Gasteiger partial charge in [0.15, 0.2) is 0 Å². The summed E-state index contributed by atoms with van der Waals surface area (Å²) >= 11 is 0. The zero-order valence-corrected chi connectivity index (χ0v) is 17.0. The Morgan fingerprint density at radius 1 is 1.23 bits per heavy atom. The van der Waals surface area contributed by atoms with Crippen LogP contribution in [-0.2, 0) is 6.61 Å². The first-order valence-electron chi connectivity index (χ1n) is 10.2. The Morgan fingerprint density at radius 2 is 2.10 bits per heavy atom. The van der Waals surface area contributed by atoms with Crippen molar-refractivity contribution in [1.29, 1.82) is 0 Å². The number of pyridine rings is 2. The number of carbonyl (C=O) groups excluding carboxylic acids is 1. The van der Waals surface area contributed by atoms with E-state index in [2.05, 4.69) is 15.3 Å². The van der Waals surface area contributed by atoms with Gasteiger partial charge in [-0.3, -0.25) is 9.78 Å². The van der Waals surface area contributed by atoms with Gasteiger partial charge in [0.1, 0.15) is 23.8 Å². The summed E-state index contributed by atoms with van der Waals surface area (Å²) in [5.74, 6) is -0.284. The van der Waals surface area contributed by atoms with Crippen LogP contribution >= 0.6 is 0 Å². The van der Waals surface area contributed by atoms with Crippen molar-refractivity contribution in [2.45, 2.75) is 32.3 Å².